The first-order valence-electron chi connectivity index (χ1n) is 10.6. The van der Waals surface area contributed by atoms with E-state index >= 15 is 0 Å². The molecule has 3 aromatic rings. The average Bonchev–Trinajstić information content (AvgIpc) is 2.97. The molecule has 0 fully saturated rings. The van der Waals surface area contributed by atoms with E-state index in [1.165, 1.54) is 5.56 Å². The summed E-state index contributed by atoms with van der Waals surface area (Å²) in [6.45, 7) is 15.0. The lowest BCUT2D eigenvalue weighted by Crippen LogP contribution is -2.22. The molecule has 0 saturated carbocycles. The van der Waals surface area contributed by atoms with Crippen molar-refractivity contribution in [2.45, 2.75) is 67.3 Å². The van der Waals surface area contributed by atoms with Gasteiger partial charge in [0.15, 0.2) is 11.3 Å². The number of nitrogens with zero attached hydrogens (tertiary/aromatic N) is 5. The van der Waals surface area contributed by atoms with E-state index in [4.69, 9.17) is 9.97 Å². The van der Waals surface area contributed by atoms with Crippen molar-refractivity contribution >= 4 is 28.4 Å². The highest BCUT2D eigenvalue weighted by atomic mass is 16.3. The number of rotatable bonds is 7. The fraction of sp³-hybridized carbons (Fsp3) is 0.478. The van der Waals surface area contributed by atoms with Crippen LogP contribution in [-0.4, -0.2) is 26.2 Å². The average molecular weight is 410 g/mol. The number of aromatic hydroxyl groups is 1. The van der Waals surface area contributed by atoms with Crippen LogP contribution in [0.2, 0.25) is 0 Å². The van der Waals surface area contributed by atoms with Crippen LogP contribution in [0, 0.1) is 32.6 Å². The number of hydrogen-bond acceptors (Lipinski definition) is 6. The summed E-state index contributed by atoms with van der Waals surface area (Å²) in [5.74, 6) is 0.425. The molecule has 7 heteroatoms. The van der Waals surface area contributed by atoms with Gasteiger partial charge in [-0.25, -0.2) is 4.98 Å². The molecule has 2 heterocycles. The number of aromatic nitrogens is 3. The number of fused-ring (bicyclic) bond motifs is 1. The highest BCUT2D eigenvalue weighted by Crippen LogP contribution is 2.43. The monoisotopic (exact) mass is 409 g/mol. The van der Waals surface area contributed by atoms with Crippen molar-refractivity contribution in [3.63, 3.8) is 0 Å². The second-order valence-corrected chi connectivity index (χ2v) is 7.90. The maximum Gasteiger partial charge on any atom is 0.232 e. The maximum atomic E-state index is 11.5. The molecule has 7 nitrogen and oxygen atoms in total. The van der Waals surface area contributed by atoms with Crippen molar-refractivity contribution in [1.82, 2.24) is 14.5 Å². The Morgan fingerprint density at radius 3 is 2.17 bits per heavy atom. The Kier molecular flexibility index (Phi) is 6.10. The van der Waals surface area contributed by atoms with E-state index in [9.17, 15) is 10.0 Å². The van der Waals surface area contributed by atoms with E-state index < -0.39 is 0 Å². The van der Waals surface area contributed by atoms with E-state index in [2.05, 4.69) is 63.8 Å². The summed E-state index contributed by atoms with van der Waals surface area (Å²) in [6.07, 6.45) is 1.61. The van der Waals surface area contributed by atoms with Gasteiger partial charge >= 0.3 is 0 Å². The van der Waals surface area contributed by atoms with Gasteiger partial charge in [-0.1, -0.05) is 31.5 Å². The SMILES string of the molecule is CCC(CC)n1c(O)c(N=O)c2c(C)nc(N(CC)c3c(C)cc(C)cc3C)nc21. The predicted molar refractivity (Wildman–Crippen MR) is 122 cm³/mol. The molecule has 0 saturated heterocycles. The number of hydrogen-bond donors (Lipinski definition) is 1. The molecular formula is C23H31N5O2. The Hall–Kier alpha value is -2.96. The van der Waals surface area contributed by atoms with Crippen LogP contribution in [0.1, 0.15) is 62.0 Å². The molecule has 0 bridgehead atoms. The second kappa shape index (κ2) is 8.42. The zero-order valence-corrected chi connectivity index (χ0v) is 18.9. The molecule has 160 valence electrons. The van der Waals surface area contributed by atoms with Gasteiger partial charge in [-0.15, -0.1) is 4.91 Å². The van der Waals surface area contributed by atoms with Gasteiger partial charge in [0, 0.05) is 18.3 Å². The lowest BCUT2D eigenvalue weighted by Gasteiger charge is -2.26. The van der Waals surface area contributed by atoms with E-state index in [-0.39, 0.29) is 17.6 Å². The van der Waals surface area contributed by atoms with Gasteiger partial charge in [-0.3, -0.25) is 4.57 Å². The Morgan fingerprint density at radius 2 is 1.67 bits per heavy atom. The largest absolute Gasteiger partial charge is 0.493 e. The fourth-order valence-electron chi connectivity index (χ4n) is 4.53. The smallest absolute Gasteiger partial charge is 0.232 e. The molecule has 3 rings (SSSR count). The molecule has 0 radical (unpaired) electrons. The number of anilines is 2. The summed E-state index contributed by atoms with van der Waals surface area (Å²) in [5.41, 5.74) is 5.82. The highest BCUT2D eigenvalue weighted by molar-refractivity contribution is 5.95. The van der Waals surface area contributed by atoms with Crippen molar-refractivity contribution in [3.05, 3.63) is 39.4 Å². The Balaban J connectivity index is 2.33. The van der Waals surface area contributed by atoms with Crippen LogP contribution in [0.15, 0.2) is 17.3 Å². The summed E-state index contributed by atoms with van der Waals surface area (Å²) >= 11 is 0. The van der Waals surface area contributed by atoms with E-state index in [0.29, 0.717) is 29.2 Å². The van der Waals surface area contributed by atoms with E-state index in [1.54, 1.807) is 4.57 Å². The number of nitroso groups, excluding NO2 is 1. The molecule has 1 N–H and O–H groups in total. The fourth-order valence-corrected chi connectivity index (χ4v) is 4.53. The number of benzene rings is 1. The van der Waals surface area contributed by atoms with Crippen molar-refractivity contribution in [3.8, 4) is 5.88 Å². The lowest BCUT2D eigenvalue weighted by atomic mass is 10.0. The highest BCUT2D eigenvalue weighted by Gasteiger charge is 2.27. The molecule has 0 unspecified atom stereocenters. The van der Waals surface area contributed by atoms with Crippen LogP contribution in [0.5, 0.6) is 5.88 Å². The number of aryl methyl sites for hydroxylation is 4. The third-order valence-electron chi connectivity index (χ3n) is 5.83. The van der Waals surface area contributed by atoms with E-state index in [0.717, 1.165) is 29.7 Å². The van der Waals surface area contributed by atoms with Gasteiger partial charge < -0.3 is 10.0 Å². The summed E-state index contributed by atoms with van der Waals surface area (Å²) in [7, 11) is 0. The minimum Gasteiger partial charge on any atom is -0.493 e. The minimum atomic E-state index is -0.131. The second-order valence-electron chi connectivity index (χ2n) is 7.90. The van der Waals surface area contributed by atoms with Crippen LogP contribution in [0.4, 0.5) is 17.3 Å². The maximum absolute atomic E-state index is 11.5. The molecule has 0 atom stereocenters. The Morgan fingerprint density at radius 1 is 1.07 bits per heavy atom. The Labute approximate surface area is 177 Å². The van der Waals surface area contributed by atoms with Crippen molar-refractivity contribution < 1.29 is 5.11 Å². The minimum absolute atomic E-state index is 0.0167. The molecule has 0 aliphatic carbocycles. The lowest BCUT2D eigenvalue weighted by molar-refractivity contribution is 0.376. The predicted octanol–water partition coefficient (Wildman–Crippen LogP) is 6.29. The molecule has 30 heavy (non-hydrogen) atoms. The van der Waals surface area contributed by atoms with Gasteiger partial charge in [-0.05, 0) is 63.8 Å². The zero-order valence-electron chi connectivity index (χ0n) is 18.9. The molecule has 1 aromatic carbocycles. The van der Waals surface area contributed by atoms with E-state index in [1.807, 2.05) is 6.92 Å². The summed E-state index contributed by atoms with van der Waals surface area (Å²) in [6, 6.07) is 4.33. The van der Waals surface area contributed by atoms with Gasteiger partial charge in [0.2, 0.25) is 11.8 Å². The standard InChI is InChI=1S/C23H31N5O2/c1-8-17(9-2)28-21-18(19(26-30)22(28)29)16(7)24-23(25-21)27(10-3)20-14(5)11-13(4)12-15(20)6/h11-12,17,29H,8-10H2,1-7H3. The quantitative estimate of drug-likeness (QED) is 0.464. The van der Waals surface area contributed by atoms with Gasteiger partial charge in [0.1, 0.15) is 0 Å². The first kappa shape index (κ1) is 21.7. The van der Waals surface area contributed by atoms with Crippen LogP contribution in [0.3, 0.4) is 0 Å². The van der Waals surface area contributed by atoms with Crippen molar-refractivity contribution in [1.29, 1.82) is 0 Å². The summed E-state index contributed by atoms with van der Waals surface area (Å²) in [4.78, 5) is 23.2. The Bertz CT molecular complexity index is 1080. The summed E-state index contributed by atoms with van der Waals surface area (Å²) < 4.78 is 1.74. The van der Waals surface area contributed by atoms with Gasteiger partial charge in [0.25, 0.3) is 0 Å². The van der Waals surface area contributed by atoms with Crippen LogP contribution >= 0.6 is 0 Å². The molecule has 0 aliphatic rings. The molecular weight excluding hydrogens is 378 g/mol. The molecule has 0 aliphatic heterocycles. The van der Waals surface area contributed by atoms with Crippen LogP contribution in [0.25, 0.3) is 11.0 Å². The van der Waals surface area contributed by atoms with Crippen molar-refractivity contribution in [2.24, 2.45) is 5.18 Å². The first-order valence-corrected chi connectivity index (χ1v) is 10.6. The molecule has 0 spiro atoms. The zero-order chi connectivity index (χ0) is 22.2. The molecule has 2 aromatic heterocycles. The van der Waals surface area contributed by atoms with Gasteiger partial charge in [0.05, 0.1) is 11.1 Å². The third kappa shape index (κ3) is 3.42. The first-order chi connectivity index (χ1) is 14.3. The van der Waals surface area contributed by atoms with Crippen molar-refractivity contribution in [2.75, 3.05) is 11.4 Å². The van der Waals surface area contributed by atoms with Crippen LogP contribution < -0.4 is 4.90 Å². The van der Waals surface area contributed by atoms with Crippen LogP contribution in [-0.2, 0) is 0 Å². The normalized spacial score (nSPS) is 11.5. The van der Waals surface area contributed by atoms with Gasteiger partial charge in [-0.2, -0.15) is 4.98 Å². The summed E-state index contributed by atoms with van der Waals surface area (Å²) in [5, 5.41) is 14.4. The molecule has 0 amide bonds. The third-order valence-corrected chi connectivity index (χ3v) is 5.83. The topological polar surface area (TPSA) is 83.6 Å².